The molecule has 1 aliphatic carbocycles. The summed E-state index contributed by atoms with van der Waals surface area (Å²) in [7, 11) is 3.12. The van der Waals surface area contributed by atoms with Crippen LogP contribution in [0.4, 0.5) is 10.1 Å². The number of carbonyl (C=O) groups is 2. The molecule has 4 rings (SSSR count). The van der Waals surface area contributed by atoms with Gasteiger partial charge in [-0.05, 0) is 54.8 Å². The number of hydrogen-bond acceptors (Lipinski definition) is 4. The van der Waals surface area contributed by atoms with Crippen molar-refractivity contribution in [3.8, 4) is 11.5 Å². The summed E-state index contributed by atoms with van der Waals surface area (Å²) in [6.07, 6.45) is 1.96. The summed E-state index contributed by atoms with van der Waals surface area (Å²) >= 11 is 0. The molecule has 0 N–H and O–H groups in total. The van der Waals surface area contributed by atoms with Crippen LogP contribution in [0.5, 0.6) is 11.5 Å². The van der Waals surface area contributed by atoms with Crippen LogP contribution in [-0.2, 0) is 9.59 Å². The van der Waals surface area contributed by atoms with Crippen LogP contribution < -0.4 is 14.4 Å². The zero-order valence-corrected chi connectivity index (χ0v) is 16.4. The van der Waals surface area contributed by atoms with Gasteiger partial charge in [0, 0.05) is 35.7 Å². The van der Waals surface area contributed by atoms with Gasteiger partial charge in [-0.15, -0.1) is 0 Å². The van der Waals surface area contributed by atoms with Gasteiger partial charge in [0.05, 0.1) is 14.2 Å². The highest BCUT2D eigenvalue weighted by atomic mass is 19.1. The van der Waals surface area contributed by atoms with E-state index in [9.17, 15) is 14.0 Å². The first kappa shape index (κ1) is 19.2. The Morgan fingerprint density at radius 3 is 2.38 bits per heavy atom. The number of hydrogen-bond donors (Lipinski definition) is 0. The lowest BCUT2D eigenvalue weighted by Gasteiger charge is -2.38. The highest BCUT2D eigenvalue weighted by Gasteiger charge is 2.39. The number of ether oxygens (including phenoxy) is 2. The summed E-state index contributed by atoms with van der Waals surface area (Å²) in [6, 6.07) is 11.3. The molecule has 1 unspecified atom stereocenters. The molecule has 2 aromatic rings. The van der Waals surface area contributed by atoms with Gasteiger partial charge in [0.25, 0.3) is 0 Å². The monoisotopic (exact) mass is 395 g/mol. The number of allylic oxidation sites excluding steroid dienone is 2. The number of Topliss-reactive ketones (excluding diaryl/α,β-unsaturated/α-hetero) is 1. The van der Waals surface area contributed by atoms with Gasteiger partial charge in [0.2, 0.25) is 5.91 Å². The largest absolute Gasteiger partial charge is 0.493 e. The van der Waals surface area contributed by atoms with Crippen LogP contribution in [-0.4, -0.2) is 25.9 Å². The Balaban J connectivity index is 1.83. The van der Waals surface area contributed by atoms with Gasteiger partial charge >= 0.3 is 0 Å². The standard InChI is InChI=1S/C23H22FNO4/c1-28-20-11-6-14(12-21(20)29-2)17-13-22(27)25(16-9-7-15(24)8-10-16)18-4-3-5-19(26)23(17)18/h6-12,17H,3-5,13H2,1-2H3. The summed E-state index contributed by atoms with van der Waals surface area (Å²) in [6.45, 7) is 0. The van der Waals surface area contributed by atoms with E-state index in [1.165, 1.54) is 12.1 Å². The maximum absolute atomic E-state index is 13.4. The number of amides is 1. The molecule has 150 valence electrons. The zero-order valence-electron chi connectivity index (χ0n) is 16.4. The zero-order chi connectivity index (χ0) is 20.5. The molecule has 0 spiro atoms. The van der Waals surface area contributed by atoms with Crippen LogP contribution >= 0.6 is 0 Å². The molecule has 0 radical (unpaired) electrons. The minimum Gasteiger partial charge on any atom is -0.493 e. The Morgan fingerprint density at radius 1 is 0.966 bits per heavy atom. The predicted octanol–water partition coefficient (Wildman–Crippen LogP) is 4.37. The van der Waals surface area contributed by atoms with Crippen LogP contribution in [0.1, 0.15) is 37.2 Å². The molecule has 29 heavy (non-hydrogen) atoms. The first-order valence-corrected chi connectivity index (χ1v) is 9.60. The molecular weight excluding hydrogens is 373 g/mol. The Bertz CT molecular complexity index is 996. The van der Waals surface area contributed by atoms with E-state index in [2.05, 4.69) is 0 Å². The molecule has 2 aliphatic rings. The molecule has 0 bridgehead atoms. The average Bonchev–Trinajstić information content (AvgIpc) is 2.73. The SMILES string of the molecule is COc1ccc(C2CC(=O)N(c3ccc(F)cc3)C3=C2C(=O)CCC3)cc1OC. The molecule has 0 fully saturated rings. The molecule has 0 saturated carbocycles. The predicted molar refractivity (Wildman–Crippen MR) is 107 cm³/mol. The molecule has 1 amide bonds. The normalized spacial score (nSPS) is 19.3. The molecule has 2 aromatic carbocycles. The van der Waals surface area contributed by atoms with Crippen molar-refractivity contribution in [2.24, 2.45) is 0 Å². The van der Waals surface area contributed by atoms with Crippen molar-refractivity contribution in [1.29, 1.82) is 0 Å². The highest BCUT2D eigenvalue weighted by Crippen LogP contribution is 2.44. The fourth-order valence-corrected chi connectivity index (χ4v) is 4.24. The third-order valence-corrected chi connectivity index (χ3v) is 5.57. The Labute approximate surface area is 168 Å². The maximum Gasteiger partial charge on any atom is 0.232 e. The van der Waals surface area contributed by atoms with Crippen molar-refractivity contribution in [1.82, 2.24) is 0 Å². The number of anilines is 1. The van der Waals surface area contributed by atoms with Crippen LogP contribution in [0.15, 0.2) is 53.7 Å². The molecule has 1 aliphatic heterocycles. The number of nitrogens with zero attached hydrogens (tertiary/aromatic N) is 1. The van der Waals surface area contributed by atoms with E-state index in [0.717, 1.165) is 11.3 Å². The summed E-state index contributed by atoms with van der Waals surface area (Å²) < 4.78 is 24.1. The maximum atomic E-state index is 13.4. The third-order valence-electron chi connectivity index (χ3n) is 5.57. The number of benzene rings is 2. The van der Waals surface area contributed by atoms with Crippen LogP contribution in [0.2, 0.25) is 0 Å². The van der Waals surface area contributed by atoms with Gasteiger partial charge in [-0.2, -0.15) is 0 Å². The molecular formula is C23H22FNO4. The van der Waals surface area contributed by atoms with Gasteiger partial charge in [-0.1, -0.05) is 6.07 Å². The fraction of sp³-hybridized carbons (Fsp3) is 0.304. The van der Waals surface area contributed by atoms with Crippen LogP contribution in [0.25, 0.3) is 0 Å². The summed E-state index contributed by atoms with van der Waals surface area (Å²) in [5.41, 5.74) is 2.83. The van der Waals surface area contributed by atoms with E-state index >= 15 is 0 Å². The van der Waals surface area contributed by atoms with Crippen molar-refractivity contribution in [3.63, 3.8) is 0 Å². The number of carbonyl (C=O) groups excluding carboxylic acids is 2. The summed E-state index contributed by atoms with van der Waals surface area (Å²) in [5.74, 6) is 0.409. The first-order chi connectivity index (χ1) is 14.0. The van der Waals surface area contributed by atoms with Crippen molar-refractivity contribution >= 4 is 17.4 Å². The second-order valence-corrected chi connectivity index (χ2v) is 7.21. The Morgan fingerprint density at radius 2 is 1.69 bits per heavy atom. The lowest BCUT2D eigenvalue weighted by Crippen LogP contribution is -2.40. The van der Waals surface area contributed by atoms with Gasteiger partial charge in [0.1, 0.15) is 5.82 Å². The average molecular weight is 395 g/mol. The second-order valence-electron chi connectivity index (χ2n) is 7.21. The van der Waals surface area contributed by atoms with Gasteiger partial charge in [-0.25, -0.2) is 4.39 Å². The van der Waals surface area contributed by atoms with Crippen molar-refractivity contribution < 1.29 is 23.5 Å². The number of rotatable bonds is 4. The van der Waals surface area contributed by atoms with Crippen molar-refractivity contribution in [2.75, 3.05) is 19.1 Å². The quantitative estimate of drug-likeness (QED) is 0.771. The lowest BCUT2D eigenvalue weighted by atomic mass is 9.77. The molecule has 0 aromatic heterocycles. The summed E-state index contributed by atoms with van der Waals surface area (Å²) in [4.78, 5) is 27.6. The number of methoxy groups -OCH3 is 2. The van der Waals surface area contributed by atoms with Crippen LogP contribution in [0, 0.1) is 5.82 Å². The lowest BCUT2D eigenvalue weighted by molar-refractivity contribution is -0.119. The van der Waals surface area contributed by atoms with E-state index in [4.69, 9.17) is 9.47 Å². The van der Waals surface area contributed by atoms with E-state index in [-0.39, 0.29) is 29.8 Å². The van der Waals surface area contributed by atoms with Crippen molar-refractivity contribution in [3.05, 3.63) is 65.1 Å². The molecule has 0 saturated heterocycles. The van der Waals surface area contributed by atoms with Gasteiger partial charge in [-0.3, -0.25) is 14.5 Å². The van der Waals surface area contributed by atoms with E-state index < -0.39 is 0 Å². The number of halogens is 1. The summed E-state index contributed by atoms with van der Waals surface area (Å²) in [5, 5.41) is 0. The molecule has 6 heteroatoms. The molecule has 1 heterocycles. The minimum absolute atomic E-state index is 0.0608. The first-order valence-electron chi connectivity index (χ1n) is 9.60. The van der Waals surface area contributed by atoms with Gasteiger partial charge in [0.15, 0.2) is 17.3 Å². The minimum atomic E-state index is -0.365. The number of ketones is 1. The van der Waals surface area contributed by atoms with E-state index in [1.54, 1.807) is 37.3 Å². The topological polar surface area (TPSA) is 55.8 Å². The molecule has 1 atom stereocenters. The van der Waals surface area contributed by atoms with E-state index in [1.807, 2.05) is 12.1 Å². The highest BCUT2D eigenvalue weighted by molar-refractivity contribution is 6.07. The third kappa shape index (κ3) is 3.39. The fourth-order valence-electron chi connectivity index (χ4n) is 4.24. The van der Waals surface area contributed by atoms with Crippen LogP contribution in [0.3, 0.4) is 0 Å². The second kappa shape index (κ2) is 7.70. The van der Waals surface area contributed by atoms with E-state index in [0.29, 0.717) is 42.0 Å². The van der Waals surface area contributed by atoms with Gasteiger partial charge < -0.3 is 9.47 Å². The smallest absolute Gasteiger partial charge is 0.232 e. The Kier molecular flexibility index (Phi) is 5.09. The molecule has 5 nitrogen and oxygen atoms in total. The van der Waals surface area contributed by atoms with Crippen molar-refractivity contribution in [2.45, 2.75) is 31.6 Å². The Hall–Kier alpha value is -3.15.